The molecule has 2 atom stereocenters. The molecule has 1 saturated heterocycles. The summed E-state index contributed by atoms with van der Waals surface area (Å²) >= 11 is 0. The molecule has 1 aromatic carbocycles. The van der Waals surface area contributed by atoms with Crippen molar-refractivity contribution >= 4 is 17.5 Å². The van der Waals surface area contributed by atoms with Gasteiger partial charge in [-0.3, -0.25) is 19.6 Å². The first-order valence-electron chi connectivity index (χ1n) is 10.1. The third-order valence-electron chi connectivity index (χ3n) is 5.66. The Hall–Kier alpha value is -3.48. The first kappa shape index (κ1) is 19.8. The molecule has 4 rings (SSSR count). The zero-order chi connectivity index (χ0) is 21.3. The summed E-state index contributed by atoms with van der Waals surface area (Å²) in [5, 5.41) is 3.21. The fraction of sp³-hybridized carbons (Fsp3) is 0.304. The van der Waals surface area contributed by atoms with Crippen molar-refractivity contribution < 1.29 is 4.79 Å². The highest BCUT2D eigenvalue weighted by Gasteiger charge is 2.33. The van der Waals surface area contributed by atoms with Gasteiger partial charge in [-0.25, -0.2) is 4.98 Å². The van der Waals surface area contributed by atoms with Crippen LogP contribution < -0.4 is 15.8 Å². The van der Waals surface area contributed by atoms with Gasteiger partial charge in [0.2, 0.25) is 11.9 Å². The summed E-state index contributed by atoms with van der Waals surface area (Å²) in [6.07, 6.45) is 2.06. The first-order chi connectivity index (χ1) is 14.4. The quantitative estimate of drug-likeness (QED) is 0.681. The number of amides is 1. The van der Waals surface area contributed by atoms with Crippen molar-refractivity contribution in [1.82, 2.24) is 15.0 Å². The molecule has 1 amide bonds. The SMILES string of the molecule is Cc1cccc(N2C[C@@H](c3cc(=O)[nH]c(N[C@H](C)c4ccccn4)n3)CC2=O)c1C. The molecular weight excluding hydrogens is 378 g/mol. The largest absolute Gasteiger partial charge is 0.348 e. The second kappa shape index (κ2) is 8.10. The van der Waals surface area contributed by atoms with Crippen LogP contribution in [0, 0.1) is 13.8 Å². The summed E-state index contributed by atoms with van der Waals surface area (Å²) in [5.74, 6) is 0.297. The Kier molecular flexibility index (Phi) is 5.35. The second-order valence-electron chi connectivity index (χ2n) is 7.76. The lowest BCUT2D eigenvalue weighted by atomic mass is 10.0. The number of benzene rings is 1. The van der Waals surface area contributed by atoms with E-state index in [-0.39, 0.29) is 23.4 Å². The maximum Gasteiger partial charge on any atom is 0.252 e. The Balaban J connectivity index is 1.57. The molecule has 7 nitrogen and oxygen atoms in total. The zero-order valence-corrected chi connectivity index (χ0v) is 17.3. The van der Waals surface area contributed by atoms with Crippen LogP contribution in [0.5, 0.6) is 0 Å². The molecule has 0 radical (unpaired) electrons. The number of hydrogen-bond acceptors (Lipinski definition) is 5. The number of carbonyl (C=O) groups excluding carboxylic acids is 1. The van der Waals surface area contributed by atoms with Gasteiger partial charge in [0.15, 0.2) is 0 Å². The van der Waals surface area contributed by atoms with E-state index in [1.165, 1.54) is 6.07 Å². The molecule has 7 heteroatoms. The summed E-state index contributed by atoms with van der Waals surface area (Å²) in [4.78, 5) is 38.5. The van der Waals surface area contributed by atoms with Crippen LogP contribution in [0.25, 0.3) is 0 Å². The molecule has 1 aliphatic rings. The van der Waals surface area contributed by atoms with Gasteiger partial charge in [0.25, 0.3) is 5.56 Å². The lowest BCUT2D eigenvalue weighted by Crippen LogP contribution is -2.25. The molecule has 3 aromatic rings. The number of carbonyl (C=O) groups is 1. The standard InChI is InChI=1S/C23H25N5O2/c1-14-7-6-9-20(15(14)2)28-13-17(11-22(28)30)19-12-21(29)27-23(26-19)25-16(3)18-8-4-5-10-24-18/h4-10,12,16-17H,11,13H2,1-3H3,(H2,25,26,27,29)/t16-,17+/m1/s1. The van der Waals surface area contributed by atoms with Gasteiger partial charge in [0.1, 0.15) is 0 Å². The monoisotopic (exact) mass is 403 g/mol. The Morgan fingerprint density at radius 3 is 2.77 bits per heavy atom. The van der Waals surface area contributed by atoms with E-state index in [0.717, 1.165) is 22.5 Å². The van der Waals surface area contributed by atoms with Crippen molar-refractivity contribution in [3.63, 3.8) is 0 Å². The molecule has 1 fully saturated rings. The van der Waals surface area contributed by atoms with E-state index in [9.17, 15) is 9.59 Å². The lowest BCUT2D eigenvalue weighted by Gasteiger charge is -2.20. The number of aromatic nitrogens is 3. The van der Waals surface area contributed by atoms with E-state index in [0.29, 0.717) is 24.6 Å². The van der Waals surface area contributed by atoms with Crippen molar-refractivity contribution in [1.29, 1.82) is 0 Å². The van der Waals surface area contributed by atoms with Crippen LogP contribution in [-0.4, -0.2) is 27.4 Å². The Bertz CT molecular complexity index is 1130. The average Bonchev–Trinajstić information content (AvgIpc) is 3.12. The zero-order valence-electron chi connectivity index (χ0n) is 17.3. The van der Waals surface area contributed by atoms with Crippen molar-refractivity contribution in [2.75, 3.05) is 16.8 Å². The predicted octanol–water partition coefficient (Wildman–Crippen LogP) is 3.48. The number of pyridine rings is 1. The highest BCUT2D eigenvalue weighted by molar-refractivity contribution is 5.97. The van der Waals surface area contributed by atoms with Crippen LogP contribution in [0.3, 0.4) is 0 Å². The summed E-state index contributed by atoms with van der Waals surface area (Å²) in [7, 11) is 0. The topological polar surface area (TPSA) is 91.0 Å². The molecule has 0 bridgehead atoms. The van der Waals surface area contributed by atoms with Crippen LogP contribution in [0.15, 0.2) is 53.5 Å². The van der Waals surface area contributed by atoms with Crippen LogP contribution in [0.1, 0.15) is 47.8 Å². The molecule has 2 aromatic heterocycles. The summed E-state index contributed by atoms with van der Waals surface area (Å²) in [6.45, 7) is 6.53. The van der Waals surface area contributed by atoms with Crippen LogP contribution in [0.2, 0.25) is 0 Å². The fourth-order valence-electron chi connectivity index (χ4n) is 3.83. The third-order valence-corrected chi connectivity index (χ3v) is 5.66. The molecule has 2 N–H and O–H groups in total. The Labute approximate surface area is 175 Å². The smallest absolute Gasteiger partial charge is 0.252 e. The number of anilines is 2. The van der Waals surface area contributed by atoms with Gasteiger partial charge in [-0.1, -0.05) is 18.2 Å². The maximum atomic E-state index is 12.7. The van der Waals surface area contributed by atoms with Gasteiger partial charge < -0.3 is 10.2 Å². The van der Waals surface area contributed by atoms with Crippen LogP contribution >= 0.6 is 0 Å². The highest BCUT2D eigenvalue weighted by atomic mass is 16.2. The third kappa shape index (κ3) is 3.96. The number of nitrogens with one attached hydrogen (secondary N) is 2. The summed E-state index contributed by atoms with van der Waals surface area (Å²) in [5.41, 5.74) is 4.39. The van der Waals surface area contributed by atoms with E-state index >= 15 is 0 Å². The number of aryl methyl sites for hydroxylation is 1. The highest BCUT2D eigenvalue weighted by Crippen LogP contribution is 2.33. The van der Waals surface area contributed by atoms with Gasteiger partial charge in [-0.15, -0.1) is 0 Å². The number of aromatic amines is 1. The normalized spacial score (nSPS) is 17.2. The summed E-state index contributed by atoms with van der Waals surface area (Å²) in [6, 6.07) is 13.0. The average molecular weight is 403 g/mol. The second-order valence-corrected chi connectivity index (χ2v) is 7.76. The molecule has 0 spiro atoms. The first-order valence-corrected chi connectivity index (χ1v) is 10.1. The number of rotatable bonds is 5. The molecule has 154 valence electrons. The van der Waals surface area contributed by atoms with Crippen LogP contribution in [-0.2, 0) is 4.79 Å². The van der Waals surface area contributed by atoms with E-state index < -0.39 is 0 Å². The number of hydrogen-bond donors (Lipinski definition) is 2. The van der Waals surface area contributed by atoms with Gasteiger partial charge in [-0.2, -0.15) is 0 Å². The van der Waals surface area contributed by atoms with Crippen molar-refractivity contribution in [2.24, 2.45) is 0 Å². The van der Waals surface area contributed by atoms with Crippen molar-refractivity contribution in [3.05, 3.63) is 81.5 Å². The Morgan fingerprint density at radius 2 is 2.00 bits per heavy atom. The minimum absolute atomic E-state index is 0.0483. The molecule has 1 aliphatic heterocycles. The van der Waals surface area contributed by atoms with Crippen molar-refractivity contribution in [2.45, 2.75) is 39.2 Å². The Morgan fingerprint density at radius 1 is 1.17 bits per heavy atom. The van der Waals surface area contributed by atoms with Gasteiger partial charge >= 0.3 is 0 Å². The van der Waals surface area contributed by atoms with E-state index in [1.807, 2.05) is 57.2 Å². The van der Waals surface area contributed by atoms with Gasteiger partial charge in [0.05, 0.1) is 17.4 Å². The molecule has 3 heterocycles. The van der Waals surface area contributed by atoms with Crippen LogP contribution in [0.4, 0.5) is 11.6 Å². The lowest BCUT2D eigenvalue weighted by molar-refractivity contribution is -0.117. The number of H-pyrrole nitrogens is 1. The van der Waals surface area contributed by atoms with Gasteiger partial charge in [-0.05, 0) is 50.1 Å². The fourth-order valence-corrected chi connectivity index (χ4v) is 3.83. The van der Waals surface area contributed by atoms with E-state index in [1.54, 1.807) is 11.1 Å². The molecular formula is C23H25N5O2. The molecule has 0 unspecified atom stereocenters. The van der Waals surface area contributed by atoms with Crippen molar-refractivity contribution in [3.8, 4) is 0 Å². The minimum atomic E-state index is -0.242. The minimum Gasteiger partial charge on any atom is -0.348 e. The summed E-state index contributed by atoms with van der Waals surface area (Å²) < 4.78 is 0. The number of nitrogens with zero attached hydrogens (tertiary/aromatic N) is 3. The molecule has 0 aliphatic carbocycles. The van der Waals surface area contributed by atoms with E-state index in [2.05, 4.69) is 20.3 Å². The van der Waals surface area contributed by atoms with E-state index in [4.69, 9.17) is 0 Å². The molecule has 0 saturated carbocycles. The maximum absolute atomic E-state index is 12.7. The van der Waals surface area contributed by atoms with Gasteiger partial charge in [0, 0.05) is 36.8 Å². The predicted molar refractivity (Wildman–Crippen MR) is 117 cm³/mol. The molecule has 30 heavy (non-hydrogen) atoms.